The number of para-hydroxylation sites is 2. The van der Waals surface area contributed by atoms with Crippen molar-refractivity contribution in [2.75, 3.05) is 73.1 Å². The van der Waals surface area contributed by atoms with Crippen LogP contribution in [0.3, 0.4) is 0 Å². The van der Waals surface area contributed by atoms with Gasteiger partial charge in [-0.2, -0.15) is 13.2 Å². The molecular formula is C38H48F3N5O5. The van der Waals surface area contributed by atoms with Crippen LogP contribution in [0.2, 0.25) is 0 Å². The van der Waals surface area contributed by atoms with Crippen LogP contribution in [-0.4, -0.2) is 99.1 Å². The number of carbonyl (C=O) groups excluding carboxylic acids is 1. The number of hydrogen-bond donors (Lipinski definition) is 1. The molecule has 1 aromatic heterocycles. The fourth-order valence-corrected chi connectivity index (χ4v) is 6.68. The minimum atomic E-state index is -4.43. The molecule has 1 saturated heterocycles. The van der Waals surface area contributed by atoms with E-state index >= 15 is 0 Å². The predicted molar refractivity (Wildman–Crippen MR) is 191 cm³/mol. The fraction of sp³-hybridized carbons (Fsp3) is 0.474. The van der Waals surface area contributed by atoms with E-state index in [1.165, 1.54) is 33.5 Å². The summed E-state index contributed by atoms with van der Waals surface area (Å²) in [7, 11) is 6.15. The summed E-state index contributed by atoms with van der Waals surface area (Å²) < 4.78 is 64.3. The highest BCUT2D eigenvalue weighted by atomic mass is 19.4. The van der Waals surface area contributed by atoms with Gasteiger partial charge in [-0.05, 0) is 74.7 Å². The molecule has 13 heteroatoms. The van der Waals surface area contributed by atoms with Gasteiger partial charge in [0.1, 0.15) is 0 Å². The summed E-state index contributed by atoms with van der Waals surface area (Å²) in [5.41, 5.74) is 2.40. The number of nitrogens with one attached hydrogen (secondary N) is 1. The van der Waals surface area contributed by atoms with Gasteiger partial charge in [0.2, 0.25) is 11.7 Å². The quantitative estimate of drug-likeness (QED) is 0.125. The standard InChI is InChI=1S/C38H48F3N5O5/c1-6-51-22-21-46-32-10-8-7-9-31(32)43-37(46)42-30-16-19-45(20-17-30)18-15-27(26-11-13-29(14-12-26)38(39,40)41)25-44(2)36(47)28-23-33(48-3)35(50-5)34(24-28)49-4/h7-14,23-24,27,30H,6,15-22,25H2,1-5H3,(H,42,43). The summed E-state index contributed by atoms with van der Waals surface area (Å²) in [6.07, 6.45) is -1.94. The number of aromatic nitrogens is 2. The van der Waals surface area contributed by atoms with Crippen LogP contribution in [0, 0.1) is 0 Å². The first kappa shape index (κ1) is 37.8. The minimum Gasteiger partial charge on any atom is -0.493 e. The van der Waals surface area contributed by atoms with Crippen molar-refractivity contribution in [1.82, 2.24) is 19.4 Å². The maximum Gasteiger partial charge on any atom is 0.416 e. The summed E-state index contributed by atoms with van der Waals surface area (Å²) in [4.78, 5) is 22.5. The van der Waals surface area contributed by atoms with E-state index in [4.69, 9.17) is 23.9 Å². The lowest BCUT2D eigenvalue weighted by Crippen LogP contribution is -2.40. The lowest BCUT2D eigenvalue weighted by Gasteiger charge is -2.34. The third kappa shape index (κ3) is 9.25. The number of anilines is 1. The van der Waals surface area contributed by atoms with Gasteiger partial charge in [0.05, 0.1) is 44.5 Å². The van der Waals surface area contributed by atoms with Gasteiger partial charge < -0.3 is 38.6 Å². The number of halogens is 3. The van der Waals surface area contributed by atoms with Crippen molar-refractivity contribution in [3.63, 3.8) is 0 Å². The monoisotopic (exact) mass is 711 g/mol. The maximum absolute atomic E-state index is 13.7. The summed E-state index contributed by atoms with van der Waals surface area (Å²) in [6, 6.07) is 16.8. The molecule has 3 aromatic carbocycles. The number of fused-ring (bicyclic) bond motifs is 1. The van der Waals surface area contributed by atoms with Gasteiger partial charge in [-0.25, -0.2) is 4.98 Å². The SMILES string of the molecule is CCOCCn1c(NC2CCN(CCC(CN(C)C(=O)c3cc(OC)c(OC)c(OC)c3)c3ccc(C(F)(F)F)cc3)CC2)nc2ccccc21. The molecule has 0 radical (unpaired) electrons. The summed E-state index contributed by atoms with van der Waals surface area (Å²) in [6.45, 7) is 6.71. The van der Waals surface area contributed by atoms with E-state index < -0.39 is 11.7 Å². The number of likely N-dealkylation sites (tertiary alicyclic amines) is 1. The first-order valence-corrected chi connectivity index (χ1v) is 17.3. The van der Waals surface area contributed by atoms with Crippen molar-refractivity contribution >= 4 is 22.9 Å². The second kappa shape index (κ2) is 17.1. The second-order valence-electron chi connectivity index (χ2n) is 12.7. The van der Waals surface area contributed by atoms with Crippen LogP contribution < -0.4 is 19.5 Å². The molecule has 276 valence electrons. The Labute approximate surface area is 297 Å². The Balaban J connectivity index is 1.25. The number of nitrogens with zero attached hydrogens (tertiary/aromatic N) is 4. The number of alkyl halides is 3. The highest BCUT2D eigenvalue weighted by Gasteiger charge is 2.31. The first-order chi connectivity index (χ1) is 24.6. The van der Waals surface area contributed by atoms with Crippen LogP contribution in [-0.2, 0) is 17.5 Å². The number of likely N-dealkylation sites (N-methyl/N-ethyl adjacent to an activating group) is 1. The molecule has 1 atom stereocenters. The van der Waals surface area contributed by atoms with Gasteiger partial charge >= 0.3 is 6.18 Å². The average molecular weight is 712 g/mol. The largest absolute Gasteiger partial charge is 0.493 e. The number of hydrogen-bond acceptors (Lipinski definition) is 8. The van der Waals surface area contributed by atoms with Gasteiger partial charge in [-0.3, -0.25) is 4.79 Å². The summed E-state index contributed by atoms with van der Waals surface area (Å²) in [5, 5.41) is 3.68. The number of piperidine rings is 1. The number of ether oxygens (including phenoxy) is 4. The normalized spacial score (nSPS) is 14.7. The van der Waals surface area contributed by atoms with E-state index in [-0.39, 0.29) is 17.9 Å². The van der Waals surface area contributed by atoms with Crippen molar-refractivity contribution in [3.05, 3.63) is 77.4 Å². The van der Waals surface area contributed by atoms with Crippen LogP contribution in [0.5, 0.6) is 17.2 Å². The molecule has 4 aromatic rings. The van der Waals surface area contributed by atoms with E-state index in [2.05, 4.69) is 20.9 Å². The third-order valence-electron chi connectivity index (χ3n) is 9.49. The summed E-state index contributed by atoms with van der Waals surface area (Å²) >= 11 is 0. The van der Waals surface area contributed by atoms with Crippen LogP contribution in [0.25, 0.3) is 11.0 Å². The topological polar surface area (TPSA) is 90.3 Å². The molecule has 51 heavy (non-hydrogen) atoms. The highest BCUT2D eigenvalue weighted by molar-refractivity contribution is 5.95. The Morgan fingerprint density at radius 1 is 0.980 bits per heavy atom. The van der Waals surface area contributed by atoms with Gasteiger partial charge in [-0.1, -0.05) is 24.3 Å². The Morgan fingerprint density at radius 2 is 1.65 bits per heavy atom. The average Bonchev–Trinajstić information content (AvgIpc) is 3.49. The molecule has 0 spiro atoms. The van der Waals surface area contributed by atoms with Crippen molar-refractivity contribution < 1.29 is 36.9 Å². The molecule has 0 aliphatic carbocycles. The molecule has 2 heterocycles. The molecule has 1 aliphatic heterocycles. The smallest absolute Gasteiger partial charge is 0.416 e. The Bertz CT molecular complexity index is 1710. The van der Waals surface area contributed by atoms with Crippen LogP contribution >= 0.6 is 0 Å². The van der Waals surface area contributed by atoms with Crippen molar-refractivity contribution in [2.45, 2.75) is 50.9 Å². The molecule has 5 rings (SSSR count). The molecule has 0 saturated carbocycles. The number of benzene rings is 3. The predicted octanol–water partition coefficient (Wildman–Crippen LogP) is 6.94. The number of imidazole rings is 1. The van der Waals surface area contributed by atoms with Crippen molar-refractivity contribution in [1.29, 1.82) is 0 Å². The number of carbonyl (C=O) groups is 1. The zero-order valence-electron chi connectivity index (χ0n) is 30.0. The molecular weight excluding hydrogens is 663 g/mol. The molecule has 0 bridgehead atoms. The van der Waals surface area contributed by atoms with Gasteiger partial charge in [-0.15, -0.1) is 0 Å². The third-order valence-corrected chi connectivity index (χ3v) is 9.49. The second-order valence-corrected chi connectivity index (χ2v) is 12.7. The molecule has 1 fully saturated rings. The zero-order valence-corrected chi connectivity index (χ0v) is 30.0. The van der Waals surface area contributed by atoms with Crippen molar-refractivity contribution in [3.8, 4) is 17.2 Å². The number of rotatable bonds is 16. The minimum absolute atomic E-state index is 0.204. The Hall–Kier alpha value is -4.49. The van der Waals surface area contributed by atoms with Crippen LogP contribution in [0.15, 0.2) is 60.7 Å². The van der Waals surface area contributed by atoms with E-state index in [9.17, 15) is 18.0 Å². The highest BCUT2D eigenvalue weighted by Crippen LogP contribution is 2.39. The van der Waals surface area contributed by atoms with Crippen molar-refractivity contribution in [2.24, 2.45) is 0 Å². The lowest BCUT2D eigenvalue weighted by atomic mass is 9.93. The van der Waals surface area contributed by atoms with E-state index in [1.807, 2.05) is 25.1 Å². The molecule has 1 N–H and O–H groups in total. The van der Waals surface area contributed by atoms with E-state index in [0.29, 0.717) is 55.5 Å². The Morgan fingerprint density at radius 3 is 2.25 bits per heavy atom. The van der Waals surface area contributed by atoms with Crippen LogP contribution in [0.4, 0.5) is 19.1 Å². The molecule has 1 aliphatic rings. The van der Waals surface area contributed by atoms with E-state index in [0.717, 1.165) is 67.2 Å². The first-order valence-electron chi connectivity index (χ1n) is 17.3. The molecule has 1 amide bonds. The number of amides is 1. The zero-order chi connectivity index (χ0) is 36.5. The number of methoxy groups -OCH3 is 3. The van der Waals surface area contributed by atoms with Crippen LogP contribution in [0.1, 0.15) is 53.6 Å². The van der Waals surface area contributed by atoms with E-state index in [1.54, 1.807) is 24.1 Å². The van der Waals surface area contributed by atoms with Gasteiger partial charge in [0, 0.05) is 57.4 Å². The fourth-order valence-electron chi connectivity index (χ4n) is 6.68. The summed E-state index contributed by atoms with van der Waals surface area (Å²) in [5.74, 6) is 1.45. The Kier molecular flexibility index (Phi) is 12.7. The maximum atomic E-state index is 13.7. The van der Waals surface area contributed by atoms with Gasteiger partial charge in [0.15, 0.2) is 11.5 Å². The molecule has 10 nitrogen and oxygen atoms in total. The molecule has 1 unspecified atom stereocenters. The van der Waals surface area contributed by atoms with Gasteiger partial charge in [0.25, 0.3) is 5.91 Å². The lowest BCUT2D eigenvalue weighted by molar-refractivity contribution is -0.137.